The highest BCUT2D eigenvalue weighted by Gasteiger charge is 2.37. The summed E-state index contributed by atoms with van der Waals surface area (Å²) in [5, 5.41) is 39.2. The zero-order chi connectivity index (χ0) is 49.4. The summed E-state index contributed by atoms with van der Waals surface area (Å²) in [6, 6.07) is 7.67. The minimum atomic E-state index is -1.63. The maximum Gasteiger partial charge on any atom is 0.412 e. The molecule has 23 nitrogen and oxygen atoms in total. The SMILES string of the molecule is CCCCc1c2c(nc3cc4c(c(NC(=O)OCc5ccc(OC6CC(O)CC(C(=O)O)O6)c(NC(=O)CCNC(=O)CCN6C(=O)C=CC6=O)c5)c13)OCO4)-c1cc3c(c(=O)n1C2)COC(=O)C3O. The topological polar surface area (TPSA) is 310 Å². The van der Waals surface area contributed by atoms with E-state index in [9.17, 15) is 53.7 Å². The Bertz CT molecular complexity index is 2950. The molecule has 1 saturated heterocycles. The molecule has 0 bridgehead atoms. The van der Waals surface area contributed by atoms with Gasteiger partial charge in [0.25, 0.3) is 17.4 Å². The number of aromatic nitrogens is 2. The number of carbonyl (C=O) groups excluding carboxylic acids is 6. The van der Waals surface area contributed by atoms with Crippen molar-refractivity contribution >= 4 is 63.9 Å². The van der Waals surface area contributed by atoms with Gasteiger partial charge in [-0.2, -0.15) is 0 Å². The monoisotopic (exact) mass is 966 g/mol. The van der Waals surface area contributed by atoms with Crippen LogP contribution >= 0.6 is 0 Å². The van der Waals surface area contributed by atoms with Crippen LogP contribution in [0.25, 0.3) is 22.3 Å². The summed E-state index contributed by atoms with van der Waals surface area (Å²) in [6.07, 6.45) is -2.62. The molecule has 5 aliphatic rings. The van der Waals surface area contributed by atoms with Gasteiger partial charge in [-0.25, -0.2) is 19.4 Å². The first-order valence-electron chi connectivity index (χ1n) is 22.5. The third-order valence-corrected chi connectivity index (χ3v) is 12.3. The third-order valence-electron chi connectivity index (χ3n) is 12.3. The number of rotatable bonds is 16. The lowest BCUT2D eigenvalue weighted by Gasteiger charge is -2.31. The first kappa shape index (κ1) is 47.2. The van der Waals surface area contributed by atoms with Crippen molar-refractivity contribution in [1.82, 2.24) is 19.8 Å². The van der Waals surface area contributed by atoms with E-state index >= 15 is 0 Å². The predicted molar refractivity (Wildman–Crippen MR) is 239 cm³/mol. The maximum atomic E-state index is 13.8. The number of imide groups is 1. The van der Waals surface area contributed by atoms with Crippen LogP contribution < -0.4 is 35.7 Å². The van der Waals surface area contributed by atoms with E-state index in [1.807, 2.05) is 6.92 Å². The second-order valence-corrected chi connectivity index (χ2v) is 17.0. The Labute approximate surface area is 396 Å². The number of amides is 5. The second kappa shape index (κ2) is 19.6. The number of anilines is 2. The van der Waals surface area contributed by atoms with Crippen LogP contribution in [-0.2, 0) is 69.2 Å². The fraction of sp³-hybridized carbons (Fsp3) is 0.383. The van der Waals surface area contributed by atoms with Gasteiger partial charge in [-0.05, 0) is 42.2 Å². The van der Waals surface area contributed by atoms with Gasteiger partial charge >= 0.3 is 18.0 Å². The zero-order valence-electron chi connectivity index (χ0n) is 37.4. The zero-order valence-corrected chi connectivity index (χ0v) is 37.4. The highest BCUT2D eigenvalue weighted by Crippen LogP contribution is 2.48. The van der Waals surface area contributed by atoms with Crippen LogP contribution in [-0.4, -0.2) is 110 Å². The third kappa shape index (κ3) is 9.45. The molecule has 23 heteroatoms. The number of unbranched alkanes of at least 4 members (excludes halogenated alkanes) is 1. The maximum absolute atomic E-state index is 13.8. The van der Waals surface area contributed by atoms with E-state index in [0.717, 1.165) is 35.5 Å². The fourth-order valence-corrected chi connectivity index (χ4v) is 8.87. The van der Waals surface area contributed by atoms with Crippen LogP contribution in [0.5, 0.6) is 17.2 Å². The minimum Gasteiger partial charge on any atom is -0.479 e. The van der Waals surface area contributed by atoms with Crippen molar-refractivity contribution < 1.29 is 77.3 Å². The van der Waals surface area contributed by atoms with Crippen molar-refractivity contribution in [2.45, 2.75) is 96.2 Å². The van der Waals surface area contributed by atoms with Crippen molar-refractivity contribution in [1.29, 1.82) is 0 Å². The number of fused-ring (bicyclic) bond motifs is 6. The lowest BCUT2D eigenvalue weighted by atomic mass is 9.94. The minimum absolute atomic E-state index is 0.0214. The summed E-state index contributed by atoms with van der Waals surface area (Å²) < 4.78 is 35.4. The number of carboxylic acids is 1. The summed E-state index contributed by atoms with van der Waals surface area (Å²) in [5.74, 6) is -3.80. The average Bonchev–Trinajstić information content (AvgIpc) is 4.04. The van der Waals surface area contributed by atoms with E-state index in [1.54, 1.807) is 12.1 Å². The van der Waals surface area contributed by atoms with Gasteiger partial charge in [0.05, 0.1) is 40.8 Å². The summed E-state index contributed by atoms with van der Waals surface area (Å²) in [6.45, 7) is 1.08. The molecular weight excluding hydrogens is 921 g/mol. The molecule has 0 radical (unpaired) electrons. The number of carbonyl (C=O) groups is 7. The summed E-state index contributed by atoms with van der Waals surface area (Å²) in [5.41, 5.74) is 3.26. The molecule has 1 fully saturated rings. The summed E-state index contributed by atoms with van der Waals surface area (Å²) >= 11 is 0. The molecule has 5 aliphatic heterocycles. The molecular formula is C47H46N6O17. The second-order valence-electron chi connectivity index (χ2n) is 17.0. The Morgan fingerprint density at radius 1 is 0.929 bits per heavy atom. The molecule has 9 rings (SSSR count). The van der Waals surface area contributed by atoms with Gasteiger partial charge in [-0.1, -0.05) is 19.4 Å². The van der Waals surface area contributed by atoms with Gasteiger partial charge in [0, 0.05) is 73.5 Å². The number of aryl methyl sites for hydroxylation is 1. The Morgan fingerprint density at radius 2 is 1.73 bits per heavy atom. The standard InChI is InChI=1S/C47H46N6O17/c1-2-3-4-24-26-18-53-30(16-25-27(44(53)60)20-65-46(63)42(25)59)40(26)50-29-17-32-43(68-21-67-32)41(39(24)29)51-47(64)66-19-22-5-6-31(69-38-15-23(54)14-33(70-38)45(61)62)28(13-22)49-35(56)9-11-48-34(55)10-12-52-36(57)7-8-37(52)58/h5-8,13,16-17,23,33,38,42,54,59H,2-4,9-12,14-15,18-21H2,1H3,(H,48,55)(H,49,56)(H,51,64)(H,61,62). The van der Waals surface area contributed by atoms with Crippen LogP contribution in [0, 0.1) is 0 Å². The molecule has 7 heterocycles. The van der Waals surface area contributed by atoms with E-state index in [1.165, 1.54) is 22.8 Å². The molecule has 70 heavy (non-hydrogen) atoms. The van der Waals surface area contributed by atoms with E-state index in [4.69, 9.17) is 33.4 Å². The molecule has 366 valence electrons. The van der Waals surface area contributed by atoms with Crippen molar-refractivity contribution in [3.05, 3.63) is 80.7 Å². The number of aliphatic hydroxyl groups is 2. The number of aliphatic carboxylic acids is 1. The number of cyclic esters (lactones) is 1. The normalized spacial score (nSPS) is 19.6. The average molecular weight is 967 g/mol. The van der Waals surface area contributed by atoms with Gasteiger partial charge in [0.15, 0.2) is 23.7 Å². The van der Waals surface area contributed by atoms with Gasteiger partial charge in [0.2, 0.25) is 24.9 Å². The largest absolute Gasteiger partial charge is 0.479 e. The lowest BCUT2D eigenvalue weighted by molar-refractivity contribution is -0.195. The Kier molecular flexibility index (Phi) is 13.2. The Morgan fingerprint density at radius 3 is 2.50 bits per heavy atom. The molecule has 2 aromatic carbocycles. The molecule has 5 amide bonds. The molecule has 0 saturated carbocycles. The number of aliphatic hydroxyl groups excluding tert-OH is 2. The number of carboxylic acid groups (broad SMARTS) is 1. The Hall–Kier alpha value is -7.89. The number of ether oxygens (including phenoxy) is 6. The van der Waals surface area contributed by atoms with E-state index in [-0.39, 0.29) is 105 Å². The van der Waals surface area contributed by atoms with E-state index < -0.39 is 71.8 Å². The quantitative estimate of drug-likeness (QED) is 0.0611. The molecule has 2 aromatic heterocycles. The Balaban J connectivity index is 0.944. The molecule has 6 N–H and O–H groups in total. The van der Waals surface area contributed by atoms with Gasteiger partial charge in [-0.15, -0.1) is 0 Å². The van der Waals surface area contributed by atoms with Crippen LogP contribution in [0.2, 0.25) is 0 Å². The van der Waals surface area contributed by atoms with Gasteiger partial charge in [-0.3, -0.25) is 34.2 Å². The fourth-order valence-electron chi connectivity index (χ4n) is 8.87. The molecule has 0 aliphatic carbocycles. The number of esters is 1. The van der Waals surface area contributed by atoms with Gasteiger partial charge in [0.1, 0.15) is 24.7 Å². The molecule has 4 atom stereocenters. The van der Waals surface area contributed by atoms with Crippen LogP contribution in [0.3, 0.4) is 0 Å². The first-order chi connectivity index (χ1) is 33.7. The first-order valence-corrected chi connectivity index (χ1v) is 22.5. The van der Waals surface area contributed by atoms with Crippen molar-refractivity contribution in [3.63, 3.8) is 0 Å². The van der Waals surface area contributed by atoms with Crippen molar-refractivity contribution in [2.24, 2.45) is 0 Å². The van der Waals surface area contributed by atoms with Crippen LogP contribution in [0.1, 0.15) is 79.4 Å². The number of benzene rings is 2. The smallest absolute Gasteiger partial charge is 0.412 e. The van der Waals surface area contributed by atoms with Crippen molar-refractivity contribution in [3.8, 4) is 28.6 Å². The van der Waals surface area contributed by atoms with Crippen molar-refractivity contribution in [2.75, 3.05) is 30.5 Å². The lowest BCUT2D eigenvalue weighted by Crippen LogP contribution is -2.42. The molecule has 0 spiro atoms. The van der Waals surface area contributed by atoms with Crippen LogP contribution in [0.15, 0.2) is 47.3 Å². The highest BCUT2D eigenvalue weighted by molar-refractivity contribution is 6.13. The number of hydrogen-bond acceptors (Lipinski definition) is 17. The number of nitrogens with zero attached hydrogens (tertiary/aromatic N) is 3. The van der Waals surface area contributed by atoms with E-state index in [2.05, 4.69) is 16.0 Å². The molecule has 4 aromatic rings. The highest BCUT2D eigenvalue weighted by atomic mass is 16.7. The molecule has 4 unspecified atom stereocenters. The number of nitrogens with one attached hydrogen (secondary N) is 3. The summed E-state index contributed by atoms with van der Waals surface area (Å²) in [4.78, 5) is 107. The number of pyridine rings is 2. The van der Waals surface area contributed by atoms with E-state index in [0.29, 0.717) is 39.8 Å². The number of hydrogen-bond donors (Lipinski definition) is 6. The summed E-state index contributed by atoms with van der Waals surface area (Å²) in [7, 11) is 0. The van der Waals surface area contributed by atoms with Crippen LogP contribution in [0.4, 0.5) is 16.2 Å². The van der Waals surface area contributed by atoms with Gasteiger partial charge < -0.3 is 58.9 Å². The predicted octanol–water partition coefficient (Wildman–Crippen LogP) is 2.42.